The van der Waals surface area contributed by atoms with Crippen LogP contribution in [-0.4, -0.2) is 11.5 Å². The molecule has 1 aromatic heterocycles. The molecule has 0 amide bonds. The average Bonchev–Trinajstić information content (AvgIpc) is 2.74. The fourth-order valence-electron chi connectivity index (χ4n) is 2.16. The van der Waals surface area contributed by atoms with E-state index in [1.54, 1.807) is 12.3 Å². The van der Waals surface area contributed by atoms with Crippen molar-refractivity contribution < 1.29 is 4.39 Å². The predicted molar refractivity (Wildman–Crippen MR) is 57.9 cm³/mol. The predicted octanol–water partition coefficient (Wildman–Crippen LogP) is 2.50. The molecule has 1 aromatic rings. The minimum atomic E-state index is -0.212. The highest BCUT2D eigenvalue weighted by atomic mass is 19.1. The highest BCUT2D eigenvalue weighted by molar-refractivity contribution is 5.06. The number of pyridine rings is 1. The van der Waals surface area contributed by atoms with Crippen molar-refractivity contribution in [1.82, 2.24) is 10.3 Å². The molecule has 0 saturated heterocycles. The maximum Gasteiger partial charge on any atom is 0.146 e. The summed E-state index contributed by atoms with van der Waals surface area (Å²) in [6.07, 6.45) is 6.97. The van der Waals surface area contributed by atoms with Gasteiger partial charge in [0.25, 0.3) is 0 Å². The normalized spacial score (nSPS) is 17.1. The van der Waals surface area contributed by atoms with Crippen molar-refractivity contribution in [3.8, 4) is 0 Å². The van der Waals surface area contributed by atoms with Crippen molar-refractivity contribution in [3.05, 3.63) is 29.8 Å². The molecule has 0 aliphatic heterocycles. The molecule has 1 aliphatic carbocycles. The zero-order valence-electron chi connectivity index (χ0n) is 8.88. The Kier molecular flexibility index (Phi) is 3.67. The van der Waals surface area contributed by atoms with Crippen LogP contribution in [0, 0.1) is 11.7 Å². The fourth-order valence-corrected chi connectivity index (χ4v) is 2.16. The molecule has 1 N–H and O–H groups in total. The van der Waals surface area contributed by atoms with Crippen molar-refractivity contribution in [3.63, 3.8) is 0 Å². The Hall–Kier alpha value is -0.960. The highest BCUT2D eigenvalue weighted by Crippen LogP contribution is 2.23. The molecule has 0 aromatic carbocycles. The van der Waals surface area contributed by atoms with E-state index in [1.807, 2.05) is 0 Å². The third kappa shape index (κ3) is 2.99. The first kappa shape index (κ1) is 10.6. The summed E-state index contributed by atoms with van der Waals surface area (Å²) in [5, 5.41) is 3.28. The molecule has 15 heavy (non-hydrogen) atoms. The van der Waals surface area contributed by atoms with Gasteiger partial charge in [-0.2, -0.15) is 0 Å². The molecule has 0 unspecified atom stereocenters. The second-order valence-corrected chi connectivity index (χ2v) is 4.21. The summed E-state index contributed by atoms with van der Waals surface area (Å²) in [7, 11) is 0. The van der Waals surface area contributed by atoms with Gasteiger partial charge in [0.05, 0.1) is 5.69 Å². The summed E-state index contributed by atoms with van der Waals surface area (Å²) in [4.78, 5) is 4.00. The van der Waals surface area contributed by atoms with Gasteiger partial charge in [-0.05, 0) is 37.4 Å². The van der Waals surface area contributed by atoms with Gasteiger partial charge in [-0.3, -0.25) is 4.98 Å². The molecule has 0 bridgehead atoms. The summed E-state index contributed by atoms with van der Waals surface area (Å²) in [6, 6.07) is 3.08. The Bertz CT molecular complexity index is 308. The van der Waals surface area contributed by atoms with Crippen LogP contribution in [0.5, 0.6) is 0 Å². The SMILES string of the molecule is Fc1cccnc1CNCC1CCCC1. The lowest BCUT2D eigenvalue weighted by molar-refractivity contribution is 0.479. The molecule has 0 spiro atoms. The Labute approximate surface area is 89.9 Å². The molecule has 82 valence electrons. The zero-order valence-corrected chi connectivity index (χ0v) is 8.88. The molecular weight excluding hydrogens is 191 g/mol. The first-order chi connectivity index (χ1) is 7.36. The first-order valence-corrected chi connectivity index (χ1v) is 5.66. The Morgan fingerprint density at radius 2 is 2.20 bits per heavy atom. The topological polar surface area (TPSA) is 24.9 Å². The van der Waals surface area contributed by atoms with Crippen molar-refractivity contribution in [1.29, 1.82) is 0 Å². The van der Waals surface area contributed by atoms with Gasteiger partial charge < -0.3 is 5.32 Å². The van der Waals surface area contributed by atoms with Crippen molar-refractivity contribution in [2.24, 2.45) is 5.92 Å². The average molecular weight is 208 g/mol. The maximum atomic E-state index is 13.2. The van der Waals surface area contributed by atoms with Gasteiger partial charge in [-0.1, -0.05) is 12.8 Å². The molecule has 2 rings (SSSR count). The largest absolute Gasteiger partial charge is 0.311 e. The quantitative estimate of drug-likeness (QED) is 0.822. The molecule has 2 nitrogen and oxygen atoms in total. The van der Waals surface area contributed by atoms with E-state index < -0.39 is 0 Å². The number of hydrogen-bond acceptors (Lipinski definition) is 2. The van der Waals surface area contributed by atoms with E-state index in [-0.39, 0.29) is 5.82 Å². The van der Waals surface area contributed by atoms with Crippen LogP contribution in [0.2, 0.25) is 0 Å². The fraction of sp³-hybridized carbons (Fsp3) is 0.583. The molecule has 1 fully saturated rings. The Morgan fingerprint density at radius 1 is 1.40 bits per heavy atom. The smallest absolute Gasteiger partial charge is 0.146 e. The first-order valence-electron chi connectivity index (χ1n) is 5.66. The summed E-state index contributed by atoms with van der Waals surface area (Å²) < 4.78 is 13.2. The molecule has 3 heteroatoms. The van der Waals surface area contributed by atoms with Gasteiger partial charge >= 0.3 is 0 Å². The number of nitrogens with zero attached hydrogens (tertiary/aromatic N) is 1. The van der Waals surface area contributed by atoms with Crippen molar-refractivity contribution in [2.45, 2.75) is 32.2 Å². The van der Waals surface area contributed by atoms with Crippen LogP contribution < -0.4 is 5.32 Å². The van der Waals surface area contributed by atoms with Crippen LogP contribution in [0.3, 0.4) is 0 Å². The van der Waals surface area contributed by atoms with Gasteiger partial charge in [0.15, 0.2) is 0 Å². The van der Waals surface area contributed by atoms with E-state index in [0.717, 1.165) is 12.5 Å². The van der Waals surface area contributed by atoms with Crippen LogP contribution in [0.15, 0.2) is 18.3 Å². The third-order valence-corrected chi connectivity index (χ3v) is 3.03. The molecule has 1 aliphatic rings. The van der Waals surface area contributed by atoms with Gasteiger partial charge in [0.1, 0.15) is 5.82 Å². The summed E-state index contributed by atoms with van der Waals surface area (Å²) in [6.45, 7) is 1.54. The lowest BCUT2D eigenvalue weighted by Gasteiger charge is -2.10. The summed E-state index contributed by atoms with van der Waals surface area (Å²) in [5.41, 5.74) is 0.524. The minimum absolute atomic E-state index is 0.212. The summed E-state index contributed by atoms with van der Waals surface area (Å²) in [5.74, 6) is 0.577. The van der Waals surface area contributed by atoms with E-state index in [2.05, 4.69) is 10.3 Å². The number of hydrogen-bond donors (Lipinski definition) is 1. The van der Waals surface area contributed by atoms with E-state index in [1.165, 1.54) is 31.7 Å². The van der Waals surface area contributed by atoms with E-state index in [9.17, 15) is 4.39 Å². The number of halogens is 1. The number of nitrogens with one attached hydrogen (secondary N) is 1. The Balaban J connectivity index is 1.75. The molecular formula is C12H17FN2. The summed E-state index contributed by atoms with van der Waals surface area (Å²) >= 11 is 0. The van der Waals surface area contributed by atoms with Crippen LogP contribution in [0.1, 0.15) is 31.4 Å². The van der Waals surface area contributed by atoms with Crippen LogP contribution in [0.4, 0.5) is 4.39 Å². The van der Waals surface area contributed by atoms with Crippen LogP contribution in [0.25, 0.3) is 0 Å². The van der Waals surface area contributed by atoms with Gasteiger partial charge in [0.2, 0.25) is 0 Å². The van der Waals surface area contributed by atoms with Crippen LogP contribution in [-0.2, 0) is 6.54 Å². The van der Waals surface area contributed by atoms with E-state index in [0.29, 0.717) is 12.2 Å². The standard InChI is InChI=1S/C12H17FN2/c13-11-6-3-7-15-12(11)9-14-8-10-4-1-2-5-10/h3,6-7,10,14H,1-2,4-5,8-9H2. The second kappa shape index (κ2) is 5.21. The van der Waals surface area contributed by atoms with Crippen molar-refractivity contribution in [2.75, 3.05) is 6.54 Å². The van der Waals surface area contributed by atoms with E-state index >= 15 is 0 Å². The highest BCUT2D eigenvalue weighted by Gasteiger charge is 2.14. The van der Waals surface area contributed by atoms with E-state index in [4.69, 9.17) is 0 Å². The second-order valence-electron chi connectivity index (χ2n) is 4.21. The zero-order chi connectivity index (χ0) is 10.5. The Morgan fingerprint density at radius 3 is 2.93 bits per heavy atom. The third-order valence-electron chi connectivity index (χ3n) is 3.03. The van der Waals surface area contributed by atoms with Gasteiger partial charge in [0, 0.05) is 12.7 Å². The minimum Gasteiger partial charge on any atom is -0.311 e. The lowest BCUT2D eigenvalue weighted by Crippen LogP contribution is -2.21. The molecule has 1 saturated carbocycles. The molecule has 0 atom stereocenters. The molecule has 1 heterocycles. The van der Waals surface area contributed by atoms with Crippen molar-refractivity contribution >= 4 is 0 Å². The molecule has 0 radical (unpaired) electrons. The van der Waals surface area contributed by atoms with Gasteiger partial charge in [-0.25, -0.2) is 4.39 Å². The monoisotopic (exact) mass is 208 g/mol. The van der Waals surface area contributed by atoms with Gasteiger partial charge in [-0.15, -0.1) is 0 Å². The lowest BCUT2D eigenvalue weighted by atomic mass is 10.1. The van der Waals surface area contributed by atoms with Crippen LogP contribution >= 0.6 is 0 Å². The number of aromatic nitrogens is 1. The maximum absolute atomic E-state index is 13.2. The number of rotatable bonds is 4.